The molecule has 0 aromatic heterocycles. The van der Waals surface area contributed by atoms with Gasteiger partial charge < -0.3 is 16.4 Å². The predicted molar refractivity (Wildman–Crippen MR) is 167 cm³/mol. The molecule has 0 bridgehead atoms. The van der Waals surface area contributed by atoms with E-state index in [-0.39, 0.29) is 0 Å². The van der Waals surface area contributed by atoms with Crippen LogP contribution >= 0.6 is 0 Å². The zero-order valence-electron chi connectivity index (χ0n) is 26.3. The fourth-order valence-corrected chi connectivity index (χ4v) is 5.28. The van der Waals surface area contributed by atoms with Crippen LogP contribution in [0, 0.1) is 104 Å². The first-order valence-corrected chi connectivity index (χ1v) is 13.5. The predicted octanol–water partition coefficient (Wildman–Crippen LogP) is 9.06. The lowest BCUT2D eigenvalue weighted by Gasteiger charge is -2.23. The van der Waals surface area contributed by atoms with Crippen LogP contribution in [0.2, 0.25) is 0 Å². The number of hydrogen-bond donors (Lipinski definition) is 3. The van der Waals surface area contributed by atoms with Crippen molar-refractivity contribution in [3.8, 4) is 0 Å². The van der Waals surface area contributed by atoms with Gasteiger partial charge in [-0.2, -0.15) is 0 Å². The molecule has 0 aliphatic heterocycles. The molecule has 0 heterocycles. The van der Waals surface area contributed by atoms with Crippen molar-refractivity contribution in [1.82, 2.24) is 0 Å². The Labute approximate surface area is 227 Å². The van der Waals surface area contributed by atoms with E-state index in [2.05, 4.69) is 114 Å². The monoisotopic (exact) mass is 501 g/mol. The SMILES string of the molecule is Cc1c(C)c(C)c(N)c(C)c1C.Cc1c(C)c(C)c(NCNc2c(C)c(C)c(C)c(C)c2C)c(C)c1C. The Morgan fingerprint density at radius 1 is 0.324 bits per heavy atom. The summed E-state index contributed by atoms with van der Waals surface area (Å²) in [5.74, 6) is 0. The van der Waals surface area contributed by atoms with Crippen molar-refractivity contribution < 1.29 is 0 Å². The smallest absolute Gasteiger partial charge is 0.0849 e. The first-order valence-electron chi connectivity index (χ1n) is 13.5. The maximum absolute atomic E-state index is 5.95. The molecule has 0 saturated carbocycles. The highest BCUT2D eigenvalue weighted by atomic mass is 15.1. The van der Waals surface area contributed by atoms with Crippen molar-refractivity contribution >= 4 is 17.1 Å². The van der Waals surface area contributed by atoms with E-state index in [4.69, 9.17) is 5.73 Å². The Bertz CT molecular complexity index is 1110. The van der Waals surface area contributed by atoms with Crippen LogP contribution in [-0.4, -0.2) is 6.67 Å². The maximum atomic E-state index is 5.95. The zero-order valence-corrected chi connectivity index (χ0v) is 26.3. The Kier molecular flexibility index (Phi) is 9.52. The quantitative estimate of drug-likeness (QED) is 0.247. The van der Waals surface area contributed by atoms with Crippen LogP contribution in [0.25, 0.3) is 0 Å². The van der Waals surface area contributed by atoms with E-state index >= 15 is 0 Å². The molecule has 0 saturated heterocycles. The first kappa shape index (κ1) is 30.3. The molecule has 3 heteroatoms. The zero-order chi connectivity index (χ0) is 28.5. The van der Waals surface area contributed by atoms with Gasteiger partial charge in [0.15, 0.2) is 0 Å². The molecule has 3 aromatic rings. The minimum Gasteiger partial charge on any atom is -0.398 e. The second-order valence-corrected chi connectivity index (χ2v) is 11.1. The van der Waals surface area contributed by atoms with E-state index in [1.807, 2.05) is 0 Å². The van der Waals surface area contributed by atoms with E-state index in [0.29, 0.717) is 0 Å². The number of anilines is 3. The summed E-state index contributed by atoms with van der Waals surface area (Å²) >= 11 is 0. The lowest BCUT2D eigenvalue weighted by Crippen LogP contribution is -2.17. The average molecular weight is 502 g/mol. The molecule has 202 valence electrons. The Morgan fingerprint density at radius 3 is 0.757 bits per heavy atom. The summed E-state index contributed by atoms with van der Waals surface area (Å²) in [6.07, 6.45) is 0. The topological polar surface area (TPSA) is 50.1 Å². The van der Waals surface area contributed by atoms with Gasteiger partial charge in [0.05, 0.1) is 6.67 Å². The number of rotatable bonds is 4. The highest BCUT2D eigenvalue weighted by Crippen LogP contribution is 2.32. The van der Waals surface area contributed by atoms with Crippen molar-refractivity contribution in [3.05, 3.63) is 83.5 Å². The van der Waals surface area contributed by atoms with Gasteiger partial charge in [-0.3, -0.25) is 0 Å². The second kappa shape index (κ2) is 11.6. The molecule has 3 aromatic carbocycles. The lowest BCUT2D eigenvalue weighted by atomic mass is 9.92. The molecule has 3 rings (SSSR count). The molecule has 0 spiro atoms. The van der Waals surface area contributed by atoms with Gasteiger partial charge in [-0.1, -0.05) is 0 Å². The van der Waals surface area contributed by atoms with Gasteiger partial charge in [0.25, 0.3) is 0 Å². The largest absolute Gasteiger partial charge is 0.398 e. The summed E-state index contributed by atoms with van der Waals surface area (Å²) < 4.78 is 0. The molecular weight excluding hydrogens is 450 g/mol. The molecule has 0 unspecified atom stereocenters. The summed E-state index contributed by atoms with van der Waals surface area (Å²) in [5, 5.41) is 7.27. The van der Waals surface area contributed by atoms with Crippen LogP contribution in [0.5, 0.6) is 0 Å². The summed E-state index contributed by atoms with van der Waals surface area (Å²) in [5.41, 5.74) is 29.7. The molecule has 0 fully saturated rings. The molecule has 0 aliphatic rings. The standard InChI is InChI=1S/C23H34N2.C11H17N/c1-12-14(3)18(7)22(19(8)15(12)4)24-11-25-23-20(9)16(5)13(2)17(6)21(23)10;1-6-7(2)9(4)11(12)10(5)8(6)3/h24-25H,11H2,1-10H3;12H2,1-5H3. The average Bonchev–Trinajstić information content (AvgIpc) is 2.89. The van der Waals surface area contributed by atoms with Crippen LogP contribution in [0.15, 0.2) is 0 Å². The normalized spacial score (nSPS) is 10.8. The van der Waals surface area contributed by atoms with E-state index in [9.17, 15) is 0 Å². The van der Waals surface area contributed by atoms with Crippen molar-refractivity contribution in [2.75, 3.05) is 23.0 Å². The van der Waals surface area contributed by atoms with E-state index in [1.165, 1.54) is 94.8 Å². The molecule has 0 radical (unpaired) electrons. The molecule has 0 aliphatic carbocycles. The van der Waals surface area contributed by atoms with Gasteiger partial charge in [0, 0.05) is 17.1 Å². The van der Waals surface area contributed by atoms with Gasteiger partial charge in [-0.05, 0) is 187 Å². The highest BCUT2D eigenvalue weighted by Gasteiger charge is 2.14. The van der Waals surface area contributed by atoms with Gasteiger partial charge in [0.2, 0.25) is 0 Å². The third-order valence-electron chi connectivity index (χ3n) is 9.59. The fraction of sp³-hybridized carbons (Fsp3) is 0.471. The van der Waals surface area contributed by atoms with Crippen molar-refractivity contribution in [3.63, 3.8) is 0 Å². The van der Waals surface area contributed by atoms with Crippen molar-refractivity contribution in [2.45, 2.75) is 104 Å². The summed E-state index contributed by atoms with van der Waals surface area (Å²) in [4.78, 5) is 0. The highest BCUT2D eigenvalue weighted by molar-refractivity contribution is 5.67. The maximum Gasteiger partial charge on any atom is 0.0849 e. The summed E-state index contributed by atoms with van der Waals surface area (Å²) in [6.45, 7) is 33.5. The fourth-order valence-electron chi connectivity index (χ4n) is 5.28. The van der Waals surface area contributed by atoms with E-state index in [1.54, 1.807) is 0 Å². The van der Waals surface area contributed by atoms with Crippen LogP contribution < -0.4 is 16.4 Å². The van der Waals surface area contributed by atoms with Crippen LogP contribution in [-0.2, 0) is 0 Å². The number of hydrogen-bond acceptors (Lipinski definition) is 3. The van der Waals surface area contributed by atoms with Crippen LogP contribution in [0.1, 0.15) is 83.5 Å². The van der Waals surface area contributed by atoms with Crippen LogP contribution in [0.4, 0.5) is 17.1 Å². The molecule has 0 amide bonds. The number of nitrogens with one attached hydrogen (secondary N) is 2. The molecular formula is C34H51N3. The molecule has 0 atom stereocenters. The summed E-state index contributed by atoms with van der Waals surface area (Å²) in [7, 11) is 0. The van der Waals surface area contributed by atoms with E-state index < -0.39 is 0 Å². The first-order chi connectivity index (χ1) is 17.1. The van der Waals surface area contributed by atoms with Crippen LogP contribution in [0.3, 0.4) is 0 Å². The second-order valence-electron chi connectivity index (χ2n) is 11.1. The Hall–Kier alpha value is -2.94. The number of nitrogens with two attached hydrogens (primary N) is 1. The van der Waals surface area contributed by atoms with Gasteiger partial charge in [-0.25, -0.2) is 0 Å². The molecule has 4 N–H and O–H groups in total. The van der Waals surface area contributed by atoms with Crippen molar-refractivity contribution in [1.29, 1.82) is 0 Å². The third-order valence-corrected chi connectivity index (χ3v) is 9.59. The third kappa shape index (κ3) is 5.66. The van der Waals surface area contributed by atoms with Crippen molar-refractivity contribution in [2.24, 2.45) is 0 Å². The van der Waals surface area contributed by atoms with Gasteiger partial charge >= 0.3 is 0 Å². The van der Waals surface area contributed by atoms with E-state index in [0.717, 1.165) is 12.4 Å². The number of nitrogen functional groups attached to an aromatic ring is 1. The summed E-state index contributed by atoms with van der Waals surface area (Å²) in [6, 6.07) is 0. The number of benzene rings is 3. The molecule has 3 nitrogen and oxygen atoms in total. The molecule has 37 heavy (non-hydrogen) atoms. The Morgan fingerprint density at radius 2 is 0.514 bits per heavy atom. The minimum atomic E-state index is 0.729. The van der Waals surface area contributed by atoms with Gasteiger partial charge in [0.1, 0.15) is 0 Å². The minimum absolute atomic E-state index is 0.729. The Balaban J connectivity index is 0.000000335. The lowest BCUT2D eigenvalue weighted by molar-refractivity contribution is 1.11. The van der Waals surface area contributed by atoms with Gasteiger partial charge in [-0.15, -0.1) is 0 Å².